The molecule has 158 valence electrons. The number of hydrogen-bond acceptors (Lipinski definition) is 4. The van der Waals surface area contributed by atoms with Crippen molar-refractivity contribution in [2.45, 2.75) is 38.3 Å². The molecule has 0 spiro atoms. The van der Waals surface area contributed by atoms with E-state index in [0.717, 1.165) is 18.9 Å². The second-order valence-electron chi connectivity index (χ2n) is 8.04. The van der Waals surface area contributed by atoms with Gasteiger partial charge in [0.05, 0.1) is 5.54 Å². The topological polar surface area (TPSA) is 91.6 Å². The number of benzene rings is 1. The Morgan fingerprint density at radius 2 is 2.03 bits per heavy atom. The summed E-state index contributed by atoms with van der Waals surface area (Å²) in [7, 11) is 0. The number of carbonyl (C=O) groups excluding carboxylic acids is 2. The monoisotopic (exact) mass is 417 g/mol. The normalized spacial score (nSPS) is 20.5. The van der Waals surface area contributed by atoms with Crippen LogP contribution in [0.25, 0.3) is 0 Å². The Kier molecular flexibility index (Phi) is 4.83. The zero-order valence-electron chi connectivity index (χ0n) is 16.4. The minimum Gasteiger partial charge on any atom is -0.503 e. The summed E-state index contributed by atoms with van der Waals surface area (Å²) in [5.74, 6) is -3.59. The van der Waals surface area contributed by atoms with Crippen LogP contribution < -0.4 is 10.7 Å². The van der Waals surface area contributed by atoms with E-state index < -0.39 is 40.2 Å². The van der Waals surface area contributed by atoms with Gasteiger partial charge in [0.15, 0.2) is 11.4 Å². The molecule has 0 unspecified atom stereocenters. The number of halogens is 2. The number of nitrogens with zero attached hydrogens (tertiary/aromatic N) is 2. The quantitative estimate of drug-likeness (QED) is 0.800. The number of pyridine rings is 1. The molecule has 0 aliphatic carbocycles. The van der Waals surface area contributed by atoms with Crippen molar-refractivity contribution in [1.82, 2.24) is 14.8 Å². The van der Waals surface area contributed by atoms with E-state index in [0.29, 0.717) is 25.6 Å². The highest BCUT2D eigenvalue weighted by atomic mass is 19.1. The summed E-state index contributed by atoms with van der Waals surface area (Å²) in [5, 5.41) is 12.9. The molecule has 2 N–H and O–H groups in total. The first-order chi connectivity index (χ1) is 14.2. The third kappa shape index (κ3) is 3.24. The van der Waals surface area contributed by atoms with Crippen LogP contribution in [0.5, 0.6) is 5.75 Å². The van der Waals surface area contributed by atoms with Crippen molar-refractivity contribution in [3.63, 3.8) is 0 Å². The first-order valence-corrected chi connectivity index (χ1v) is 9.72. The molecule has 3 heterocycles. The van der Waals surface area contributed by atoms with Gasteiger partial charge in [-0.05, 0) is 32.3 Å². The van der Waals surface area contributed by atoms with E-state index in [1.807, 2.05) is 6.92 Å². The van der Waals surface area contributed by atoms with Crippen LogP contribution in [0.4, 0.5) is 8.78 Å². The number of fused-ring (bicyclic) bond motifs is 4. The predicted octanol–water partition coefficient (Wildman–Crippen LogP) is 2.12. The Hall–Kier alpha value is -3.23. The number of aromatic nitrogens is 1. The highest BCUT2D eigenvalue weighted by Gasteiger charge is 2.42. The average Bonchev–Trinajstić information content (AvgIpc) is 2.88. The lowest BCUT2D eigenvalue weighted by Crippen LogP contribution is -2.52. The lowest BCUT2D eigenvalue weighted by Gasteiger charge is -2.42. The summed E-state index contributed by atoms with van der Waals surface area (Å²) in [4.78, 5) is 39.7. The molecule has 2 aromatic rings. The Balaban J connectivity index is 1.70. The fourth-order valence-corrected chi connectivity index (χ4v) is 4.23. The third-order valence-corrected chi connectivity index (χ3v) is 5.88. The van der Waals surface area contributed by atoms with E-state index in [9.17, 15) is 28.3 Å². The SMILES string of the molecule is C[C@]12CCCCN(C1)C(=O)c1c(O)c(=O)c(C(=O)NCc3ccc(F)cc3F)cn12. The van der Waals surface area contributed by atoms with Crippen molar-refractivity contribution < 1.29 is 23.5 Å². The van der Waals surface area contributed by atoms with Gasteiger partial charge in [0, 0.05) is 37.5 Å². The molecule has 2 amide bonds. The van der Waals surface area contributed by atoms with Crippen molar-refractivity contribution in [3.05, 3.63) is 63.1 Å². The van der Waals surface area contributed by atoms with Crippen LogP contribution in [0.1, 0.15) is 52.6 Å². The van der Waals surface area contributed by atoms with Crippen LogP contribution in [-0.4, -0.2) is 39.5 Å². The van der Waals surface area contributed by atoms with Gasteiger partial charge in [-0.1, -0.05) is 6.07 Å². The fourth-order valence-electron chi connectivity index (χ4n) is 4.23. The number of nitrogens with one attached hydrogen (secondary N) is 1. The molecule has 2 aliphatic rings. The molecule has 2 bridgehead atoms. The first-order valence-electron chi connectivity index (χ1n) is 9.72. The number of rotatable bonds is 3. The maximum Gasteiger partial charge on any atom is 0.274 e. The Labute approximate surface area is 170 Å². The summed E-state index contributed by atoms with van der Waals surface area (Å²) >= 11 is 0. The highest BCUT2D eigenvalue weighted by Crippen LogP contribution is 2.36. The molecule has 1 atom stereocenters. The minimum atomic E-state index is -0.963. The number of aromatic hydroxyl groups is 1. The smallest absolute Gasteiger partial charge is 0.274 e. The molecule has 1 saturated heterocycles. The van der Waals surface area contributed by atoms with Gasteiger partial charge < -0.3 is 19.9 Å². The Bertz CT molecular complexity index is 1110. The molecular formula is C21H21F2N3O4. The van der Waals surface area contributed by atoms with Crippen molar-refractivity contribution in [2.24, 2.45) is 0 Å². The molecule has 7 nitrogen and oxygen atoms in total. The molecule has 0 radical (unpaired) electrons. The lowest BCUT2D eigenvalue weighted by molar-refractivity contribution is 0.0592. The summed E-state index contributed by atoms with van der Waals surface area (Å²) in [6.07, 6.45) is 3.69. The molecule has 9 heteroatoms. The third-order valence-electron chi connectivity index (χ3n) is 5.88. The number of hydrogen-bond donors (Lipinski definition) is 2. The van der Waals surface area contributed by atoms with Crippen LogP contribution in [0.3, 0.4) is 0 Å². The van der Waals surface area contributed by atoms with Crippen molar-refractivity contribution >= 4 is 11.8 Å². The molecule has 1 aromatic heterocycles. The van der Waals surface area contributed by atoms with E-state index in [1.165, 1.54) is 16.8 Å². The molecule has 1 aromatic carbocycles. The number of carbonyl (C=O) groups is 2. The maximum atomic E-state index is 13.8. The minimum absolute atomic E-state index is 0.0496. The highest BCUT2D eigenvalue weighted by molar-refractivity contribution is 5.99. The van der Waals surface area contributed by atoms with Gasteiger partial charge in [0.1, 0.15) is 17.2 Å². The van der Waals surface area contributed by atoms with Crippen molar-refractivity contribution in [3.8, 4) is 5.75 Å². The van der Waals surface area contributed by atoms with E-state index in [-0.39, 0.29) is 23.4 Å². The van der Waals surface area contributed by atoms with Gasteiger partial charge in [-0.2, -0.15) is 0 Å². The van der Waals surface area contributed by atoms with Crippen molar-refractivity contribution in [1.29, 1.82) is 0 Å². The van der Waals surface area contributed by atoms with Crippen molar-refractivity contribution in [2.75, 3.05) is 13.1 Å². The van der Waals surface area contributed by atoms with Gasteiger partial charge >= 0.3 is 0 Å². The van der Waals surface area contributed by atoms with E-state index >= 15 is 0 Å². The summed E-state index contributed by atoms with van der Waals surface area (Å²) < 4.78 is 28.4. The zero-order valence-corrected chi connectivity index (χ0v) is 16.4. The van der Waals surface area contributed by atoms with E-state index in [1.54, 1.807) is 4.90 Å². The van der Waals surface area contributed by atoms with Gasteiger partial charge in [-0.3, -0.25) is 14.4 Å². The Morgan fingerprint density at radius 1 is 1.27 bits per heavy atom. The molecule has 0 saturated carbocycles. The molecular weight excluding hydrogens is 396 g/mol. The second-order valence-corrected chi connectivity index (χ2v) is 8.04. The maximum absolute atomic E-state index is 13.8. The fraction of sp³-hybridized carbons (Fsp3) is 0.381. The predicted molar refractivity (Wildman–Crippen MR) is 103 cm³/mol. The van der Waals surface area contributed by atoms with Crippen LogP contribution in [0.2, 0.25) is 0 Å². The molecule has 4 rings (SSSR count). The first kappa shape index (κ1) is 20.1. The van der Waals surface area contributed by atoms with Crippen LogP contribution in [0, 0.1) is 11.6 Å². The van der Waals surface area contributed by atoms with Crippen LogP contribution in [-0.2, 0) is 12.1 Å². The molecule has 2 aliphatic heterocycles. The van der Waals surface area contributed by atoms with Crippen LogP contribution >= 0.6 is 0 Å². The summed E-state index contributed by atoms with van der Waals surface area (Å²) in [5.41, 5.74) is -1.94. The Morgan fingerprint density at radius 3 is 2.77 bits per heavy atom. The summed E-state index contributed by atoms with van der Waals surface area (Å²) in [6, 6.07) is 2.96. The zero-order chi connectivity index (χ0) is 21.6. The van der Waals surface area contributed by atoms with Crippen LogP contribution in [0.15, 0.2) is 29.2 Å². The summed E-state index contributed by atoms with van der Waals surface area (Å²) in [6.45, 7) is 2.62. The van der Waals surface area contributed by atoms with Gasteiger partial charge in [0.2, 0.25) is 5.43 Å². The molecule has 30 heavy (non-hydrogen) atoms. The van der Waals surface area contributed by atoms with E-state index in [2.05, 4.69) is 5.32 Å². The number of amides is 2. The largest absolute Gasteiger partial charge is 0.503 e. The standard InChI is InChI=1S/C21H21F2N3O4/c1-21-6-2-3-7-25(11-21)20(30)16-18(28)17(27)14(10-26(16)21)19(29)24-9-12-4-5-13(22)8-15(12)23/h4-5,8,10,28H,2-3,6-7,9,11H2,1H3,(H,24,29)/t21-/m0/s1. The van der Waals surface area contributed by atoms with E-state index in [4.69, 9.17) is 0 Å². The average molecular weight is 417 g/mol. The van der Waals surface area contributed by atoms with Gasteiger partial charge in [-0.15, -0.1) is 0 Å². The second kappa shape index (κ2) is 7.23. The molecule has 1 fully saturated rings. The lowest BCUT2D eigenvalue weighted by atomic mass is 9.92. The van der Waals surface area contributed by atoms with Gasteiger partial charge in [0.25, 0.3) is 11.8 Å². The van der Waals surface area contributed by atoms with Gasteiger partial charge in [-0.25, -0.2) is 8.78 Å².